The summed E-state index contributed by atoms with van der Waals surface area (Å²) in [5, 5.41) is 6.96. The summed E-state index contributed by atoms with van der Waals surface area (Å²) < 4.78 is 27.0. The van der Waals surface area contributed by atoms with Crippen LogP contribution < -0.4 is 5.32 Å². The Labute approximate surface area is 163 Å². The van der Waals surface area contributed by atoms with Crippen LogP contribution in [0.1, 0.15) is 37.6 Å². The summed E-state index contributed by atoms with van der Waals surface area (Å²) >= 11 is 2.88. The highest BCUT2D eigenvalue weighted by Gasteiger charge is 2.33. The van der Waals surface area contributed by atoms with Gasteiger partial charge in [-0.3, -0.25) is 4.79 Å². The Morgan fingerprint density at radius 1 is 1.15 bits per heavy atom. The van der Waals surface area contributed by atoms with Gasteiger partial charge in [-0.2, -0.15) is 4.31 Å². The molecule has 1 atom stereocenters. The van der Waals surface area contributed by atoms with Gasteiger partial charge in [0.1, 0.15) is 4.21 Å². The van der Waals surface area contributed by atoms with Crippen molar-refractivity contribution in [1.82, 2.24) is 9.62 Å². The van der Waals surface area contributed by atoms with Crippen LogP contribution in [-0.4, -0.2) is 31.7 Å². The SMILES string of the molecule is CC(C)[C@@H](NC(=O)C1CCN(S(=O)(=O)c2cccs2)CC1)c1cccs1. The molecule has 0 aromatic carbocycles. The highest BCUT2D eigenvalue weighted by molar-refractivity contribution is 7.91. The van der Waals surface area contributed by atoms with E-state index in [1.807, 2.05) is 17.5 Å². The van der Waals surface area contributed by atoms with Gasteiger partial charge in [0.05, 0.1) is 6.04 Å². The van der Waals surface area contributed by atoms with E-state index in [4.69, 9.17) is 0 Å². The van der Waals surface area contributed by atoms with Gasteiger partial charge in [-0.1, -0.05) is 26.0 Å². The molecule has 2 aromatic heterocycles. The fourth-order valence-electron chi connectivity index (χ4n) is 3.20. The van der Waals surface area contributed by atoms with Crippen LogP contribution in [0.4, 0.5) is 0 Å². The Morgan fingerprint density at radius 3 is 2.35 bits per heavy atom. The molecular formula is C18H24N2O3S3. The van der Waals surface area contributed by atoms with Crippen LogP contribution in [0.5, 0.6) is 0 Å². The summed E-state index contributed by atoms with van der Waals surface area (Å²) in [4.78, 5) is 13.9. The minimum absolute atomic E-state index is 0.00961. The van der Waals surface area contributed by atoms with E-state index in [0.29, 0.717) is 36.1 Å². The number of nitrogens with zero attached hydrogens (tertiary/aromatic N) is 1. The van der Waals surface area contributed by atoms with Gasteiger partial charge in [-0.15, -0.1) is 22.7 Å². The summed E-state index contributed by atoms with van der Waals surface area (Å²) in [6, 6.07) is 7.43. The first-order valence-electron chi connectivity index (χ1n) is 8.77. The first-order valence-corrected chi connectivity index (χ1v) is 12.0. The van der Waals surface area contributed by atoms with Crippen LogP contribution in [0.25, 0.3) is 0 Å². The molecule has 1 aliphatic rings. The number of hydrogen-bond donors (Lipinski definition) is 1. The van der Waals surface area contributed by atoms with Crippen molar-refractivity contribution >= 4 is 38.6 Å². The van der Waals surface area contributed by atoms with Crippen LogP contribution in [0.15, 0.2) is 39.2 Å². The summed E-state index contributed by atoms with van der Waals surface area (Å²) in [7, 11) is -3.42. The van der Waals surface area contributed by atoms with E-state index in [2.05, 4.69) is 19.2 Å². The molecule has 0 bridgehead atoms. The van der Waals surface area contributed by atoms with Gasteiger partial charge in [-0.05, 0) is 41.7 Å². The number of amides is 1. The van der Waals surface area contributed by atoms with Crippen molar-refractivity contribution < 1.29 is 13.2 Å². The van der Waals surface area contributed by atoms with Gasteiger partial charge in [0, 0.05) is 23.9 Å². The minimum Gasteiger partial charge on any atom is -0.348 e. The number of sulfonamides is 1. The van der Waals surface area contributed by atoms with Crippen LogP contribution >= 0.6 is 22.7 Å². The maximum Gasteiger partial charge on any atom is 0.252 e. The van der Waals surface area contributed by atoms with E-state index in [1.54, 1.807) is 28.8 Å². The molecule has 1 saturated heterocycles. The van der Waals surface area contributed by atoms with E-state index in [9.17, 15) is 13.2 Å². The molecule has 0 unspecified atom stereocenters. The second-order valence-corrected chi connectivity index (χ2v) is 10.9. The van der Waals surface area contributed by atoms with E-state index < -0.39 is 10.0 Å². The maximum absolute atomic E-state index is 12.7. The normalized spacial score (nSPS) is 18.1. The lowest BCUT2D eigenvalue weighted by Crippen LogP contribution is -2.44. The monoisotopic (exact) mass is 412 g/mol. The standard InChI is InChI=1S/C18H24N2O3S3/c1-13(2)17(15-5-3-11-24-15)19-18(21)14-7-9-20(10-8-14)26(22,23)16-6-4-12-25-16/h3-6,11-14,17H,7-10H2,1-2H3,(H,19,21)/t17-/m1/s1. The minimum atomic E-state index is -3.42. The zero-order chi connectivity index (χ0) is 18.7. The Balaban J connectivity index is 1.60. The molecule has 1 N–H and O–H groups in total. The molecule has 8 heteroatoms. The molecule has 2 aromatic rings. The average Bonchev–Trinajstić information content (AvgIpc) is 3.32. The lowest BCUT2D eigenvalue weighted by atomic mass is 9.95. The van der Waals surface area contributed by atoms with Gasteiger partial charge in [0.25, 0.3) is 10.0 Å². The number of carbonyl (C=O) groups is 1. The molecule has 0 saturated carbocycles. The molecule has 3 rings (SSSR count). The Kier molecular flexibility index (Phi) is 6.17. The van der Waals surface area contributed by atoms with Gasteiger partial charge < -0.3 is 5.32 Å². The zero-order valence-electron chi connectivity index (χ0n) is 14.9. The molecular weight excluding hydrogens is 388 g/mol. The Bertz CT molecular complexity index is 806. The quantitative estimate of drug-likeness (QED) is 0.786. The van der Waals surface area contributed by atoms with Gasteiger partial charge in [0.15, 0.2) is 0 Å². The molecule has 1 amide bonds. The van der Waals surface area contributed by atoms with Crippen LogP contribution in [-0.2, 0) is 14.8 Å². The van der Waals surface area contributed by atoms with E-state index in [0.717, 1.165) is 4.88 Å². The molecule has 142 valence electrons. The van der Waals surface area contributed by atoms with Crippen LogP contribution in [0.2, 0.25) is 0 Å². The number of thiophene rings is 2. The summed E-state index contributed by atoms with van der Waals surface area (Å²) in [5.41, 5.74) is 0. The summed E-state index contributed by atoms with van der Waals surface area (Å²) in [5.74, 6) is 0.202. The first kappa shape index (κ1) is 19.5. The second-order valence-electron chi connectivity index (χ2n) is 6.86. The first-order chi connectivity index (χ1) is 12.4. The molecule has 5 nitrogen and oxygen atoms in total. The maximum atomic E-state index is 12.7. The highest BCUT2D eigenvalue weighted by atomic mass is 32.2. The third-order valence-electron chi connectivity index (χ3n) is 4.73. The smallest absolute Gasteiger partial charge is 0.252 e. The van der Waals surface area contributed by atoms with Gasteiger partial charge >= 0.3 is 0 Å². The lowest BCUT2D eigenvalue weighted by Gasteiger charge is -2.31. The highest BCUT2D eigenvalue weighted by Crippen LogP contribution is 2.29. The Morgan fingerprint density at radius 2 is 1.81 bits per heavy atom. The molecule has 1 aliphatic heterocycles. The van der Waals surface area contributed by atoms with Crippen molar-refractivity contribution in [1.29, 1.82) is 0 Å². The average molecular weight is 413 g/mol. The van der Waals surface area contributed by atoms with Gasteiger partial charge in [0.2, 0.25) is 5.91 Å². The predicted octanol–water partition coefficient (Wildman–Crippen LogP) is 3.72. The number of piperidine rings is 1. The van der Waals surface area contributed by atoms with E-state index in [1.165, 1.54) is 15.6 Å². The van der Waals surface area contributed by atoms with E-state index in [-0.39, 0.29) is 17.9 Å². The molecule has 1 fully saturated rings. The van der Waals surface area contributed by atoms with Crippen molar-refractivity contribution in [3.63, 3.8) is 0 Å². The molecule has 0 aliphatic carbocycles. The molecule has 3 heterocycles. The number of carbonyl (C=O) groups excluding carboxylic acids is 1. The third-order valence-corrected chi connectivity index (χ3v) is 8.96. The molecule has 26 heavy (non-hydrogen) atoms. The fraction of sp³-hybridized carbons (Fsp3) is 0.500. The van der Waals surface area contributed by atoms with Crippen molar-refractivity contribution in [2.75, 3.05) is 13.1 Å². The molecule has 0 radical (unpaired) electrons. The number of hydrogen-bond acceptors (Lipinski definition) is 5. The van der Waals surface area contributed by atoms with Crippen molar-refractivity contribution in [3.05, 3.63) is 39.9 Å². The Hall–Kier alpha value is -1.22. The largest absolute Gasteiger partial charge is 0.348 e. The number of rotatable bonds is 6. The number of nitrogens with one attached hydrogen (secondary N) is 1. The predicted molar refractivity (Wildman–Crippen MR) is 106 cm³/mol. The van der Waals surface area contributed by atoms with E-state index >= 15 is 0 Å². The van der Waals surface area contributed by atoms with Gasteiger partial charge in [-0.25, -0.2) is 8.42 Å². The summed E-state index contributed by atoms with van der Waals surface area (Å²) in [6.07, 6.45) is 1.12. The van der Waals surface area contributed by atoms with Crippen molar-refractivity contribution in [2.24, 2.45) is 11.8 Å². The fourth-order valence-corrected chi connectivity index (χ4v) is 6.76. The zero-order valence-corrected chi connectivity index (χ0v) is 17.4. The third kappa shape index (κ3) is 4.19. The van der Waals surface area contributed by atoms with Crippen LogP contribution in [0.3, 0.4) is 0 Å². The van der Waals surface area contributed by atoms with Crippen molar-refractivity contribution in [3.8, 4) is 0 Å². The lowest BCUT2D eigenvalue weighted by molar-refractivity contribution is -0.127. The van der Waals surface area contributed by atoms with Crippen molar-refractivity contribution in [2.45, 2.75) is 36.9 Å². The second kappa shape index (κ2) is 8.21. The summed E-state index contributed by atoms with van der Waals surface area (Å²) in [6.45, 7) is 4.98. The molecule has 0 spiro atoms. The topological polar surface area (TPSA) is 66.5 Å². The van der Waals surface area contributed by atoms with Crippen LogP contribution in [0, 0.1) is 11.8 Å².